The van der Waals surface area contributed by atoms with Gasteiger partial charge >= 0.3 is 5.97 Å². The molecule has 23 heavy (non-hydrogen) atoms. The summed E-state index contributed by atoms with van der Waals surface area (Å²) < 4.78 is 4.97. The number of ether oxygens (including phenoxy) is 1. The van der Waals surface area contributed by atoms with E-state index in [2.05, 4.69) is 5.32 Å². The van der Waals surface area contributed by atoms with Gasteiger partial charge in [0.25, 0.3) is 11.6 Å². The molecule has 0 aromatic heterocycles. The summed E-state index contributed by atoms with van der Waals surface area (Å²) in [6, 6.07) is 2.76. The number of amides is 1. The molecule has 0 aliphatic rings. The zero-order valence-electron chi connectivity index (χ0n) is 13.5. The fraction of sp³-hybridized carbons (Fsp3) is 0.467. The molecule has 8 nitrogen and oxygen atoms in total. The minimum absolute atomic E-state index is 0.00194. The maximum absolute atomic E-state index is 12.4. The number of rotatable bonds is 7. The Kier molecular flexibility index (Phi) is 5.80. The summed E-state index contributed by atoms with van der Waals surface area (Å²) in [6.07, 6.45) is -0.334. The average Bonchev–Trinajstić information content (AvgIpc) is 2.36. The van der Waals surface area contributed by atoms with Gasteiger partial charge in [-0.1, -0.05) is 0 Å². The van der Waals surface area contributed by atoms with E-state index in [4.69, 9.17) is 9.84 Å². The number of carboxylic acid groups (broad SMARTS) is 1. The lowest BCUT2D eigenvalue weighted by atomic mass is 9.97. The molecular formula is C15H20N2O6. The number of nitro benzene ring substituents is 1. The summed E-state index contributed by atoms with van der Waals surface area (Å²) in [7, 11) is 1.40. The van der Waals surface area contributed by atoms with Crippen LogP contribution in [0.2, 0.25) is 0 Å². The van der Waals surface area contributed by atoms with Gasteiger partial charge in [0.2, 0.25) is 0 Å². The molecule has 1 aromatic rings. The highest BCUT2D eigenvalue weighted by atomic mass is 16.6. The first-order chi connectivity index (χ1) is 10.6. The number of aliphatic carboxylic acids is 1. The van der Waals surface area contributed by atoms with Gasteiger partial charge in [0.1, 0.15) is 0 Å². The molecule has 0 bridgehead atoms. The Balaban J connectivity index is 3.15. The number of hydrogen-bond acceptors (Lipinski definition) is 5. The number of carbonyl (C=O) groups is 2. The zero-order chi connectivity index (χ0) is 17.8. The summed E-state index contributed by atoms with van der Waals surface area (Å²) in [4.78, 5) is 33.9. The molecule has 0 aliphatic carbocycles. The quantitative estimate of drug-likeness (QED) is 0.583. The van der Waals surface area contributed by atoms with Crippen molar-refractivity contribution < 1.29 is 24.4 Å². The topological polar surface area (TPSA) is 119 Å². The van der Waals surface area contributed by atoms with Crippen LogP contribution in [0.3, 0.4) is 0 Å². The molecule has 2 N–H and O–H groups in total. The van der Waals surface area contributed by atoms with Crippen LogP contribution in [0.15, 0.2) is 12.1 Å². The number of aryl methyl sites for hydroxylation is 2. The van der Waals surface area contributed by atoms with E-state index < -0.39 is 22.3 Å². The Hall–Kier alpha value is -2.48. The maximum Gasteiger partial charge on any atom is 0.305 e. The monoisotopic (exact) mass is 324 g/mol. The molecule has 0 spiro atoms. The van der Waals surface area contributed by atoms with Gasteiger partial charge < -0.3 is 15.2 Å². The number of methoxy groups -OCH3 is 1. The molecule has 0 aliphatic heterocycles. The second-order valence-corrected chi connectivity index (χ2v) is 5.73. The molecule has 126 valence electrons. The highest BCUT2D eigenvalue weighted by molar-refractivity contribution is 5.97. The smallest absolute Gasteiger partial charge is 0.305 e. The first kappa shape index (κ1) is 18.6. The summed E-state index contributed by atoms with van der Waals surface area (Å²) >= 11 is 0. The van der Waals surface area contributed by atoms with Crippen LogP contribution in [0.4, 0.5) is 5.69 Å². The number of nitro groups is 1. The lowest BCUT2D eigenvalue weighted by Crippen LogP contribution is -2.50. The van der Waals surface area contributed by atoms with Crippen LogP contribution in [-0.4, -0.2) is 41.2 Å². The van der Waals surface area contributed by atoms with Crippen LogP contribution >= 0.6 is 0 Å². The molecule has 0 saturated carbocycles. The van der Waals surface area contributed by atoms with Gasteiger partial charge in [0.15, 0.2) is 0 Å². The Morgan fingerprint density at radius 3 is 2.43 bits per heavy atom. The maximum atomic E-state index is 12.4. The predicted molar refractivity (Wildman–Crippen MR) is 82.6 cm³/mol. The van der Waals surface area contributed by atoms with E-state index in [1.807, 2.05) is 0 Å². The average molecular weight is 324 g/mol. The van der Waals surface area contributed by atoms with E-state index in [0.29, 0.717) is 11.1 Å². The Morgan fingerprint density at radius 2 is 1.96 bits per heavy atom. The molecule has 0 saturated heterocycles. The van der Waals surface area contributed by atoms with Crippen LogP contribution in [0.5, 0.6) is 0 Å². The van der Waals surface area contributed by atoms with Crippen LogP contribution in [0.25, 0.3) is 0 Å². The van der Waals surface area contributed by atoms with Gasteiger partial charge in [-0.2, -0.15) is 0 Å². The molecule has 8 heteroatoms. The minimum atomic E-state index is -1.12. The highest BCUT2D eigenvalue weighted by Gasteiger charge is 2.31. The van der Waals surface area contributed by atoms with Gasteiger partial charge in [-0.3, -0.25) is 19.7 Å². The van der Waals surface area contributed by atoms with Crippen molar-refractivity contribution >= 4 is 17.6 Å². The third-order valence-corrected chi connectivity index (χ3v) is 3.40. The van der Waals surface area contributed by atoms with E-state index in [1.165, 1.54) is 13.2 Å². The third kappa shape index (κ3) is 4.75. The largest absolute Gasteiger partial charge is 0.481 e. The molecule has 1 aromatic carbocycles. The zero-order valence-corrected chi connectivity index (χ0v) is 13.5. The van der Waals surface area contributed by atoms with Crippen molar-refractivity contribution in [3.63, 3.8) is 0 Å². The summed E-state index contributed by atoms with van der Waals surface area (Å²) in [5.41, 5.74) is -0.124. The lowest BCUT2D eigenvalue weighted by molar-refractivity contribution is -0.385. The van der Waals surface area contributed by atoms with E-state index in [9.17, 15) is 19.7 Å². The fourth-order valence-electron chi connectivity index (χ4n) is 2.41. The van der Waals surface area contributed by atoms with Crippen LogP contribution < -0.4 is 5.32 Å². The minimum Gasteiger partial charge on any atom is -0.481 e. The second-order valence-electron chi connectivity index (χ2n) is 5.73. The summed E-state index contributed by atoms with van der Waals surface area (Å²) in [5, 5.41) is 22.6. The molecule has 0 radical (unpaired) electrons. The number of carbonyl (C=O) groups excluding carboxylic acids is 1. The predicted octanol–water partition coefficient (Wildman–Crippen LogP) is 1.82. The first-order valence-electron chi connectivity index (χ1n) is 6.88. The summed E-state index contributed by atoms with van der Waals surface area (Å²) in [5.74, 6) is -1.66. The van der Waals surface area contributed by atoms with Crippen molar-refractivity contribution in [2.24, 2.45) is 0 Å². The van der Waals surface area contributed by atoms with Gasteiger partial charge in [0.05, 0.1) is 23.5 Å². The van der Waals surface area contributed by atoms with E-state index >= 15 is 0 Å². The van der Waals surface area contributed by atoms with Gasteiger partial charge in [0, 0.05) is 24.3 Å². The van der Waals surface area contributed by atoms with Crippen molar-refractivity contribution in [1.82, 2.24) is 5.32 Å². The van der Waals surface area contributed by atoms with Crippen molar-refractivity contribution in [3.05, 3.63) is 38.9 Å². The van der Waals surface area contributed by atoms with Crippen molar-refractivity contribution in [1.29, 1.82) is 0 Å². The molecule has 0 heterocycles. The van der Waals surface area contributed by atoms with E-state index in [0.717, 1.165) is 0 Å². The molecule has 1 atom stereocenters. The molecule has 1 rings (SSSR count). The van der Waals surface area contributed by atoms with Crippen LogP contribution in [0.1, 0.15) is 34.8 Å². The van der Waals surface area contributed by atoms with Crippen LogP contribution in [-0.2, 0) is 9.53 Å². The standard InChI is InChI=1S/C15H20N2O6/c1-9-5-10(2)12(17(21)22)6-11(9)14(20)16-15(3,8-23-4)7-13(18)19/h5-6H,7-8H2,1-4H3,(H,16,20)(H,18,19). The van der Waals surface area contributed by atoms with Gasteiger partial charge in [-0.25, -0.2) is 0 Å². The van der Waals surface area contributed by atoms with Gasteiger partial charge in [-0.05, 0) is 32.4 Å². The van der Waals surface area contributed by atoms with E-state index in [1.54, 1.807) is 26.8 Å². The Bertz CT molecular complexity index is 643. The van der Waals surface area contributed by atoms with Crippen molar-refractivity contribution in [2.45, 2.75) is 32.7 Å². The molecular weight excluding hydrogens is 304 g/mol. The van der Waals surface area contributed by atoms with Crippen molar-refractivity contribution in [2.75, 3.05) is 13.7 Å². The number of carboxylic acids is 1. The highest BCUT2D eigenvalue weighted by Crippen LogP contribution is 2.23. The Labute approximate surface area is 133 Å². The van der Waals surface area contributed by atoms with Crippen molar-refractivity contribution in [3.8, 4) is 0 Å². The second kappa shape index (κ2) is 7.19. The normalized spacial score (nSPS) is 13.2. The first-order valence-corrected chi connectivity index (χ1v) is 6.88. The molecule has 0 fully saturated rings. The molecule has 1 unspecified atom stereocenters. The van der Waals surface area contributed by atoms with Gasteiger partial charge in [-0.15, -0.1) is 0 Å². The third-order valence-electron chi connectivity index (χ3n) is 3.40. The number of nitrogens with zero attached hydrogens (tertiary/aromatic N) is 1. The summed E-state index contributed by atoms with van der Waals surface area (Å²) in [6.45, 7) is 4.79. The SMILES string of the molecule is COCC(C)(CC(=O)O)NC(=O)c1cc([N+](=O)[O-])c(C)cc1C. The number of nitrogens with one attached hydrogen (secondary N) is 1. The number of hydrogen-bond donors (Lipinski definition) is 2. The fourth-order valence-corrected chi connectivity index (χ4v) is 2.41. The number of benzene rings is 1. The molecule has 1 amide bonds. The Morgan fingerprint density at radius 1 is 1.35 bits per heavy atom. The van der Waals surface area contributed by atoms with E-state index in [-0.39, 0.29) is 24.3 Å². The van der Waals surface area contributed by atoms with Crippen LogP contribution in [0, 0.1) is 24.0 Å². The lowest BCUT2D eigenvalue weighted by Gasteiger charge is -2.28.